The summed E-state index contributed by atoms with van der Waals surface area (Å²) >= 11 is 3.22. The van der Waals surface area contributed by atoms with Crippen LogP contribution in [0.4, 0.5) is 0 Å². The maximum atomic E-state index is 12.4. The van der Waals surface area contributed by atoms with Gasteiger partial charge in [0.15, 0.2) is 0 Å². The summed E-state index contributed by atoms with van der Waals surface area (Å²) in [6, 6.07) is 4.03. The summed E-state index contributed by atoms with van der Waals surface area (Å²) in [5.41, 5.74) is 0.788. The number of oxime groups is 1. The van der Waals surface area contributed by atoms with Gasteiger partial charge in [0.25, 0.3) is 5.91 Å². The highest BCUT2D eigenvalue weighted by Crippen LogP contribution is 2.31. The maximum Gasteiger partial charge on any atom is 0.264 e. The standard InChI is InChI=1S/C13H14N2O2S2/c1-8-7-15(4-2-9(8)14-17)13(16)12-6-11-10(19-12)3-5-18-11/h3,5-6,8,17H,2,4,7H2,1H3/b14-9+. The number of amides is 1. The molecule has 3 rings (SSSR count). The van der Waals surface area contributed by atoms with Crippen molar-refractivity contribution < 1.29 is 10.0 Å². The molecule has 1 fully saturated rings. The van der Waals surface area contributed by atoms with Gasteiger partial charge in [-0.05, 0) is 17.5 Å². The number of thiophene rings is 2. The lowest BCUT2D eigenvalue weighted by molar-refractivity contribution is 0.0739. The molecule has 100 valence electrons. The molecule has 0 aliphatic carbocycles. The number of likely N-dealkylation sites (tertiary alicyclic amines) is 1. The van der Waals surface area contributed by atoms with Crippen molar-refractivity contribution in [1.82, 2.24) is 4.90 Å². The molecule has 0 aromatic carbocycles. The van der Waals surface area contributed by atoms with Gasteiger partial charge in [-0.15, -0.1) is 22.7 Å². The van der Waals surface area contributed by atoms with E-state index in [1.165, 1.54) is 9.40 Å². The molecule has 1 saturated heterocycles. The van der Waals surface area contributed by atoms with Gasteiger partial charge in [-0.25, -0.2) is 0 Å². The molecular formula is C13H14N2O2S2. The molecule has 1 amide bonds. The van der Waals surface area contributed by atoms with E-state index in [-0.39, 0.29) is 11.8 Å². The monoisotopic (exact) mass is 294 g/mol. The van der Waals surface area contributed by atoms with Crippen LogP contribution in [0.3, 0.4) is 0 Å². The lowest BCUT2D eigenvalue weighted by Crippen LogP contribution is -2.43. The van der Waals surface area contributed by atoms with Crippen LogP contribution in [0.15, 0.2) is 22.7 Å². The predicted molar refractivity (Wildman–Crippen MR) is 78.6 cm³/mol. The van der Waals surface area contributed by atoms with Crippen molar-refractivity contribution in [3.63, 3.8) is 0 Å². The quantitative estimate of drug-likeness (QED) is 0.648. The van der Waals surface area contributed by atoms with Crippen LogP contribution in [0.5, 0.6) is 0 Å². The molecule has 1 aliphatic heterocycles. The van der Waals surface area contributed by atoms with Crippen LogP contribution in [-0.2, 0) is 0 Å². The van der Waals surface area contributed by atoms with Crippen molar-refractivity contribution >= 4 is 43.7 Å². The Hall–Kier alpha value is -1.40. The third-order valence-corrected chi connectivity index (χ3v) is 5.55. The average molecular weight is 294 g/mol. The third kappa shape index (κ3) is 2.26. The van der Waals surface area contributed by atoms with E-state index in [4.69, 9.17) is 5.21 Å². The molecule has 6 heteroatoms. The second-order valence-electron chi connectivity index (χ2n) is 4.75. The first kappa shape index (κ1) is 12.6. The first-order valence-corrected chi connectivity index (χ1v) is 7.86. The van der Waals surface area contributed by atoms with Crippen LogP contribution < -0.4 is 0 Å². The van der Waals surface area contributed by atoms with Gasteiger partial charge in [0.2, 0.25) is 0 Å². The fourth-order valence-electron chi connectivity index (χ4n) is 2.38. The number of rotatable bonds is 1. The number of hydrogen-bond donors (Lipinski definition) is 1. The highest BCUT2D eigenvalue weighted by molar-refractivity contribution is 7.27. The molecule has 1 aliphatic rings. The Kier molecular flexibility index (Phi) is 3.28. The molecule has 2 aromatic heterocycles. The van der Waals surface area contributed by atoms with Gasteiger partial charge < -0.3 is 10.1 Å². The second kappa shape index (κ2) is 4.94. The van der Waals surface area contributed by atoms with Gasteiger partial charge >= 0.3 is 0 Å². The number of carbonyl (C=O) groups excluding carboxylic acids is 1. The van der Waals surface area contributed by atoms with Gasteiger partial charge in [0, 0.05) is 34.8 Å². The van der Waals surface area contributed by atoms with Crippen molar-refractivity contribution in [2.75, 3.05) is 13.1 Å². The minimum absolute atomic E-state index is 0.0947. The Morgan fingerprint density at radius 2 is 2.37 bits per heavy atom. The Balaban J connectivity index is 1.79. The van der Waals surface area contributed by atoms with E-state index in [9.17, 15) is 4.79 Å². The van der Waals surface area contributed by atoms with Crippen LogP contribution in [0.25, 0.3) is 9.40 Å². The number of nitrogens with zero attached hydrogens (tertiary/aromatic N) is 2. The van der Waals surface area contributed by atoms with Gasteiger partial charge in [-0.2, -0.15) is 0 Å². The lowest BCUT2D eigenvalue weighted by atomic mass is 9.97. The first-order valence-electron chi connectivity index (χ1n) is 6.16. The highest BCUT2D eigenvalue weighted by Gasteiger charge is 2.27. The summed E-state index contributed by atoms with van der Waals surface area (Å²) in [4.78, 5) is 15.1. The smallest absolute Gasteiger partial charge is 0.264 e. The zero-order chi connectivity index (χ0) is 13.4. The Bertz CT molecular complexity index is 615. The normalized spacial score (nSPS) is 22.3. The Labute approximate surface area is 119 Å². The Morgan fingerprint density at radius 1 is 1.53 bits per heavy atom. The number of carbonyl (C=O) groups is 1. The van der Waals surface area contributed by atoms with E-state index in [0.717, 1.165) is 10.6 Å². The molecule has 0 radical (unpaired) electrons. The predicted octanol–water partition coefficient (Wildman–Crippen LogP) is 3.28. The summed E-state index contributed by atoms with van der Waals surface area (Å²) in [5, 5.41) is 14.2. The van der Waals surface area contributed by atoms with Crippen molar-refractivity contribution in [3.8, 4) is 0 Å². The molecule has 4 nitrogen and oxygen atoms in total. The molecule has 3 heterocycles. The average Bonchev–Trinajstić information content (AvgIpc) is 2.98. The molecule has 0 spiro atoms. The minimum atomic E-state index is 0.0947. The van der Waals surface area contributed by atoms with E-state index in [2.05, 4.69) is 11.2 Å². The molecule has 0 saturated carbocycles. The molecule has 1 unspecified atom stereocenters. The first-order chi connectivity index (χ1) is 9.19. The lowest BCUT2D eigenvalue weighted by Gasteiger charge is -2.31. The number of hydrogen-bond acceptors (Lipinski definition) is 5. The van der Waals surface area contributed by atoms with E-state index in [0.29, 0.717) is 19.5 Å². The summed E-state index contributed by atoms with van der Waals surface area (Å²) in [7, 11) is 0. The highest BCUT2D eigenvalue weighted by atomic mass is 32.1. The maximum absolute atomic E-state index is 12.4. The zero-order valence-corrected chi connectivity index (χ0v) is 12.1. The second-order valence-corrected chi connectivity index (χ2v) is 6.78. The fraction of sp³-hybridized carbons (Fsp3) is 0.385. The van der Waals surface area contributed by atoms with Crippen LogP contribution >= 0.6 is 22.7 Å². The summed E-state index contributed by atoms with van der Waals surface area (Å²) in [6.45, 7) is 3.25. The van der Waals surface area contributed by atoms with Crippen LogP contribution in [0.1, 0.15) is 23.0 Å². The zero-order valence-electron chi connectivity index (χ0n) is 10.5. The van der Waals surface area contributed by atoms with Crippen LogP contribution in [0, 0.1) is 5.92 Å². The van der Waals surface area contributed by atoms with Gasteiger partial charge in [0.1, 0.15) is 0 Å². The van der Waals surface area contributed by atoms with Gasteiger partial charge in [-0.3, -0.25) is 4.79 Å². The largest absolute Gasteiger partial charge is 0.411 e. The van der Waals surface area contributed by atoms with Gasteiger partial charge in [0.05, 0.1) is 10.6 Å². The third-order valence-electron chi connectivity index (χ3n) is 3.47. The molecule has 2 aromatic rings. The number of fused-ring (bicyclic) bond motifs is 1. The van der Waals surface area contributed by atoms with E-state index in [1.54, 1.807) is 22.7 Å². The molecule has 19 heavy (non-hydrogen) atoms. The summed E-state index contributed by atoms with van der Waals surface area (Å²) < 4.78 is 2.35. The summed E-state index contributed by atoms with van der Waals surface area (Å²) in [5.74, 6) is 0.223. The molecule has 1 N–H and O–H groups in total. The number of piperidine rings is 1. The van der Waals surface area contributed by atoms with Gasteiger partial charge in [-0.1, -0.05) is 12.1 Å². The van der Waals surface area contributed by atoms with E-state index >= 15 is 0 Å². The molecular weight excluding hydrogens is 280 g/mol. The van der Waals surface area contributed by atoms with Crippen LogP contribution in [0.2, 0.25) is 0 Å². The molecule has 0 bridgehead atoms. The van der Waals surface area contributed by atoms with Crippen LogP contribution in [-0.4, -0.2) is 34.8 Å². The van der Waals surface area contributed by atoms with Crippen molar-refractivity contribution in [2.45, 2.75) is 13.3 Å². The Morgan fingerprint density at radius 3 is 3.05 bits per heavy atom. The van der Waals surface area contributed by atoms with Crippen molar-refractivity contribution in [1.29, 1.82) is 0 Å². The minimum Gasteiger partial charge on any atom is -0.411 e. The molecule has 1 atom stereocenters. The van der Waals surface area contributed by atoms with E-state index < -0.39 is 0 Å². The fourth-order valence-corrected chi connectivity index (χ4v) is 4.46. The van der Waals surface area contributed by atoms with E-state index in [1.807, 2.05) is 23.3 Å². The topological polar surface area (TPSA) is 52.9 Å². The summed E-state index contributed by atoms with van der Waals surface area (Å²) in [6.07, 6.45) is 0.656. The van der Waals surface area contributed by atoms with Crippen molar-refractivity contribution in [3.05, 3.63) is 22.4 Å². The SMILES string of the molecule is CC1CN(C(=O)c2cc3sccc3s2)CC/C1=N\O. The van der Waals surface area contributed by atoms with Crippen molar-refractivity contribution in [2.24, 2.45) is 11.1 Å².